The van der Waals surface area contributed by atoms with Crippen molar-refractivity contribution in [3.63, 3.8) is 0 Å². The number of unbranched alkanes of at least 4 members (excludes halogenated alkanes) is 19. The van der Waals surface area contributed by atoms with Gasteiger partial charge in [0.25, 0.3) is 0 Å². The van der Waals surface area contributed by atoms with Crippen molar-refractivity contribution < 1.29 is 15.0 Å². The van der Waals surface area contributed by atoms with Gasteiger partial charge in [-0.15, -0.1) is 0 Å². The number of carbonyl (C=O) groups is 1. The Morgan fingerprint density at radius 1 is 0.533 bits per heavy atom. The van der Waals surface area contributed by atoms with Gasteiger partial charge in [0.2, 0.25) is 5.91 Å². The maximum absolute atomic E-state index is 12.3. The zero-order valence-corrected chi connectivity index (χ0v) is 29.6. The fraction of sp³-hybridized carbons (Fsp3) is 0.732. The molecular weight excluding hydrogens is 554 g/mol. The lowest BCUT2D eigenvalue weighted by molar-refractivity contribution is -0.123. The number of rotatable bonds is 33. The summed E-state index contributed by atoms with van der Waals surface area (Å²) in [5.41, 5.74) is 0. The summed E-state index contributed by atoms with van der Waals surface area (Å²) in [6.07, 6.45) is 50.2. The summed E-state index contributed by atoms with van der Waals surface area (Å²) in [6.45, 7) is 4.24. The number of aliphatic hydroxyl groups excluding tert-OH is 2. The van der Waals surface area contributed by atoms with Crippen LogP contribution in [0.15, 0.2) is 60.8 Å². The van der Waals surface area contributed by atoms with Gasteiger partial charge in [-0.2, -0.15) is 0 Å². The minimum Gasteiger partial charge on any atom is -0.394 e. The molecule has 0 rings (SSSR count). The molecule has 2 unspecified atom stereocenters. The summed E-state index contributed by atoms with van der Waals surface area (Å²) in [4.78, 5) is 12.3. The highest BCUT2D eigenvalue weighted by molar-refractivity contribution is 5.76. The van der Waals surface area contributed by atoms with Gasteiger partial charge in [-0.3, -0.25) is 4.79 Å². The minimum atomic E-state index is -0.875. The molecule has 45 heavy (non-hydrogen) atoms. The van der Waals surface area contributed by atoms with Gasteiger partial charge in [0.15, 0.2) is 0 Å². The van der Waals surface area contributed by atoms with Crippen molar-refractivity contribution in [1.29, 1.82) is 0 Å². The maximum Gasteiger partial charge on any atom is 0.220 e. The third-order valence-corrected chi connectivity index (χ3v) is 8.23. The monoisotopic (exact) mass is 628 g/mol. The predicted molar refractivity (Wildman–Crippen MR) is 197 cm³/mol. The molecule has 0 radical (unpaired) electrons. The maximum atomic E-state index is 12.3. The topological polar surface area (TPSA) is 69.6 Å². The molecule has 0 aliphatic rings. The van der Waals surface area contributed by atoms with E-state index >= 15 is 0 Å². The minimum absolute atomic E-state index is 0.0934. The molecular formula is C41H73NO3. The molecule has 3 N–H and O–H groups in total. The first-order valence-corrected chi connectivity index (χ1v) is 19.0. The van der Waals surface area contributed by atoms with Crippen LogP contribution in [0.25, 0.3) is 0 Å². The average molecular weight is 628 g/mol. The van der Waals surface area contributed by atoms with Gasteiger partial charge in [0, 0.05) is 6.42 Å². The van der Waals surface area contributed by atoms with E-state index in [0.717, 1.165) is 51.4 Å². The van der Waals surface area contributed by atoms with Gasteiger partial charge in [-0.1, -0.05) is 158 Å². The molecule has 260 valence electrons. The highest BCUT2D eigenvalue weighted by atomic mass is 16.3. The number of amides is 1. The van der Waals surface area contributed by atoms with E-state index in [4.69, 9.17) is 0 Å². The van der Waals surface area contributed by atoms with E-state index in [1.165, 1.54) is 103 Å². The van der Waals surface area contributed by atoms with Crippen molar-refractivity contribution in [3.8, 4) is 0 Å². The van der Waals surface area contributed by atoms with Crippen molar-refractivity contribution in [2.45, 2.75) is 187 Å². The average Bonchev–Trinajstić information content (AvgIpc) is 3.04. The van der Waals surface area contributed by atoms with E-state index < -0.39 is 12.1 Å². The summed E-state index contributed by atoms with van der Waals surface area (Å²) >= 11 is 0. The molecule has 0 saturated carbocycles. The van der Waals surface area contributed by atoms with Crippen LogP contribution in [0.1, 0.15) is 174 Å². The molecule has 0 aromatic heterocycles. The van der Waals surface area contributed by atoms with Gasteiger partial charge in [-0.05, 0) is 70.6 Å². The molecule has 0 saturated heterocycles. The van der Waals surface area contributed by atoms with Crippen molar-refractivity contribution in [1.82, 2.24) is 5.32 Å². The molecule has 0 bridgehead atoms. The Hall–Kier alpha value is -1.91. The van der Waals surface area contributed by atoms with Crippen LogP contribution in [-0.2, 0) is 4.79 Å². The smallest absolute Gasteiger partial charge is 0.220 e. The van der Waals surface area contributed by atoms with E-state index in [2.05, 4.69) is 67.8 Å². The highest BCUT2D eigenvalue weighted by Crippen LogP contribution is 2.11. The number of allylic oxidation sites excluding steroid dienone is 9. The van der Waals surface area contributed by atoms with Crippen molar-refractivity contribution in [2.75, 3.05) is 6.61 Å². The molecule has 0 fully saturated rings. The quantitative estimate of drug-likeness (QED) is 0.0385. The summed E-state index contributed by atoms with van der Waals surface area (Å²) in [7, 11) is 0. The standard InChI is InChI=1S/C41H73NO3/c1-3-5-7-9-11-13-15-17-19-20-21-23-24-26-28-30-32-34-36-40(44)39(38-43)42-41(45)37-35-33-31-29-27-25-22-18-16-14-12-10-8-6-4-2/h12,14,16,18,20-21,26,28,34,36,39-40,43-44H,3-11,13,15,17,19,22-25,27,29-33,35,37-38H2,1-2H3,(H,42,45)/b14-12-,18-16-,21-20+,28-26+,36-34+. The van der Waals surface area contributed by atoms with Crippen molar-refractivity contribution >= 4 is 5.91 Å². The van der Waals surface area contributed by atoms with E-state index in [1.807, 2.05) is 6.08 Å². The Kier molecular flexibility index (Phi) is 35.0. The zero-order valence-electron chi connectivity index (χ0n) is 29.6. The van der Waals surface area contributed by atoms with E-state index in [-0.39, 0.29) is 12.5 Å². The third kappa shape index (κ3) is 33.3. The number of nitrogens with one attached hydrogen (secondary N) is 1. The van der Waals surface area contributed by atoms with E-state index in [9.17, 15) is 15.0 Å². The zero-order chi connectivity index (χ0) is 32.9. The Balaban J connectivity index is 3.74. The molecule has 1 amide bonds. The summed E-state index contributed by atoms with van der Waals surface area (Å²) in [5, 5.41) is 22.9. The normalized spacial score (nSPS) is 13.8. The van der Waals surface area contributed by atoms with Gasteiger partial charge in [-0.25, -0.2) is 0 Å². The molecule has 0 spiro atoms. The van der Waals surface area contributed by atoms with Gasteiger partial charge < -0.3 is 15.5 Å². The Labute approximate surface area is 279 Å². The third-order valence-electron chi connectivity index (χ3n) is 8.23. The molecule has 0 aromatic carbocycles. The van der Waals surface area contributed by atoms with Crippen LogP contribution >= 0.6 is 0 Å². The van der Waals surface area contributed by atoms with E-state index in [0.29, 0.717) is 6.42 Å². The highest BCUT2D eigenvalue weighted by Gasteiger charge is 2.17. The second-order valence-electron chi connectivity index (χ2n) is 12.6. The SMILES string of the molecule is CCCCC/C=C\C=C/CCCCCCCCC(=O)NC(CO)C(O)/C=C/CC/C=C/CC/C=C/CCCCCCCCCC. The van der Waals surface area contributed by atoms with Crippen molar-refractivity contribution in [2.24, 2.45) is 0 Å². The number of hydrogen-bond acceptors (Lipinski definition) is 3. The lowest BCUT2D eigenvalue weighted by Crippen LogP contribution is -2.45. The molecule has 4 heteroatoms. The van der Waals surface area contributed by atoms with Crippen LogP contribution in [0, 0.1) is 0 Å². The van der Waals surface area contributed by atoms with Crippen LogP contribution in [0.2, 0.25) is 0 Å². The molecule has 0 aromatic rings. The first-order chi connectivity index (χ1) is 22.2. The predicted octanol–water partition coefficient (Wildman–Crippen LogP) is 11.4. The van der Waals surface area contributed by atoms with Crippen LogP contribution in [-0.4, -0.2) is 34.9 Å². The molecule has 0 heterocycles. The molecule has 0 aliphatic heterocycles. The lowest BCUT2D eigenvalue weighted by Gasteiger charge is -2.19. The lowest BCUT2D eigenvalue weighted by atomic mass is 10.1. The second kappa shape index (κ2) is 36.6. The first-order valence-electron chi connectivity index (χ1n) is 19.0. The summed E-state index contributed by atoms with van der Waals surface area (Å²) in [6, 6.07) is -0.652. The number of hydrogen-bond donors (Lipinski definition) is 3. The van der Waals surface area contributed by atoms with Crippen LogP contribution in [0.3, 0.4) is 0 Å². The Morgan fingerprint density at radius 3 is 1.47 bits per heavy atom. The number of carbonyl (C=O) groups excluding carboxylic acids is 1. The van der Waals surface area contributed by atoms with Gasteiger partial charge >= 0.3 is 0 Å². The Morgan fingerprint density at radius 2 is 0.933 bits per heavy atom. The molecule has 4 nitrogen and oxygen atoms in total. The van der Waals surface area contributed by atoms with E-state index in [1.54, 1.807) is 6.08 Å². The Bertz CT molecular complexity index is 767. The van der Waals surface area contributed by atoms with Crippen LogP contribution in [0.5, 0.6) is 0 Å². The largest absolute Gasteiger partial charge is 0.394 e. The van der Waals surface area contributed by atoms with Crippen LogP contribution < -0.4 is 5.32 Å². The first kappa shape index (κ1) is 43.1. The summed E-state index contributed by atoms with van der Waals surface area (Å²) < 4.78 is 0. The number of aliphatic hydroxyl groups is 2. The van der Waals surface area contributed by atoms with Gasteiger partial charge in [0.1, 0.15) is 0 Å². The van der Waals surface area contributed by atoms with Crippen LogP contribution in [0.4, 0.5) is 0 Å². The fourth-order valence-corrected chi connectivity index (χ4v) is 5.26. The second-order valence-corrected chi connectivity index (χ2v) is 12.6. The fourth-order valence-electron chi connectivity index (χ4n) is 5.26. The molecule has 0 aliphatic carbocycles. The molecule has 2 atom stereocenters. The van der Waals surface area contributed by atoms with Crippen molar-refractivity contribution in [3.05, 3.63) is 60.8 Å². The van der Waals surface area contributed by atoms with Gasteiger partial charge in [0.05, 0.1) is 18.8 Å². The summed E-state index contributed by atoms with van der Waals surface area (Å²) in [5.74, 6) is -0.0934.